The van der Waals surface area contributed by atoms with Crippen molar-refractivity contribution in [3.8, 4) is 5.75 Å². The molecule has 2 rings (SSSR count). The molecule has 0 saturated carbocycles. The molecule has 1 aliphatic rings. The molecule has 0 radical (unpaired) electrons. The summed E-state index contributed by atoms with van der Waals surface area (Å²) in [6.45, 7) is 1.85. The average molecular weight is 207 g/mol. The lowest BCUT2D eigenvalue weighted by Gasteiger charge is -2.11. The van der Waals surface area contributed by atoms with Crippen molar-refractivity contribution in [2.45, 2.75) is 18.9 Å². The highest BCUT2D eigenvalue weighted by Gasteiger charge is 2.14. The van der Waals surface area contributed by atoms with Gasteiger partial charge >= 0.3 is 0 Å². The summed E-state index contributed by atoms with van der Waals surface area (Å²) < 4.78 is 5.64. The molecule has 4 heteroatoms. The van der Waals surface area contributed by atoms with Gasteiger partial charge in [0.25, 0.3) is 0 Å². The fourth-order valence-corrected chi connectivity index (χ4v) is 1.71. The number of aromatic nitrogens is 1. The molecular formula is C11H17N3O. The molecule has 15 heavy (non-hydrogen) atoms. The third kappa shape index (κ3) is 2.83. The van der Waals surface area contributed by atoms with E-state index in [4.69, 9.17) is 4.74 Å². The Kier molecular flexibility index (Phi) is 3.40. The molecule has 1 atom stereocenters. The van der Waals surface area contributed by atoms with Gasteiger partial charge in [-0.15, -0.1) is 0 Å². The number of hydrogen-bond donors (Lipinski definition) is 2. The Balaban J connectivity index is 1.82. The zero-order chi connectivity index (χ0) is 10.5. The van der Waals surface area contributed by atoms with E-state index >= 15 is 0 Å². The number of nitrogens with zero attached hydrogens (tertiary/aromatic N) is 1. The van der Waals surface area contributed by atoms with E-state index in [0.29, 0.717) is 6.04 Å². The van der Waals surface area contributed by atoms with E-state index < -0.39 is 0 Å². The van der Waals surface area contributed by atoms with Crippen molar-refractivity contribution in [1.82, 2.24) is 10.3 Å². The molecular weight excluding hydrogens is 190 g/mol. The summed E-state index contributed by atoms with van der Waals surface area (Å²) in [6.07, 6.45) is 4.22. The molecule has 0 spiro atoms. The summed E-state index contributed by atoms with van der Waals surface area (Å²) in [5.41, 5.74) is 0. The highest BCUT2D eigenvalue weighted by molar-refractivity contribution is 5.36. The Morgan fingerprint density at radius 2 is 2.53 bits per heavy atom. The van der Waals surface area contributed by atoms with Crippen molar-refractivity contribution in [2.75, 3.05) is 25.5 Å². The first-order valence-corrected chi connectivity index (χ1v) is 5.38. The smallest absolute Gasteiger partial charge is 0.137 e. The number of pyridine rings is 1. The van der Waals surface area contributed by atoms with Gasteiger partial charge in [-0.2, -0.15) is 0 Å². The van der Waals surface area contributed by atoms with Gasteiger partial charge in [0.05, 0.1) is 6.20 Å². The van der Waals surface area contributed by atoms with Crippen LogP contribution < -0.4 is 15.4 Å². The van der Waals surface area contributed by atoms with Crippen LogP contribution in [0.15, 0.2) is 18.3 Å². The molecule has 1 aliphatic heterocycles. The van der Waals surface area contributed by atoms with E-state index in [1.165, 1.54) is 12.8 Å². The second-order valence-corrected chi connectivity index (χ2v) is 3.73. The van der Waals surface area contributed by atoms with Crippen LogP contribution >= 0.6 is 0 Å². The Morgan fingerprint density at radius 3 is 3.13 bits per heavy atom. The zero-order valence-corrected chi connectivity index (χ0v) is 8.99. The first-order chi connectivity index (χ1) is 7.38. The summed E-state index contributed by atoms with van der Waals surface area (Å²) in [5, 5.41) is 6.36. The predicted octanol–water partition coefficient (Wildman–Crippen LogP) is 1.25. The number of nitrogens with one attached hydrogen (secondary N) is 2. The van der Waals surface area contributed by atoms with Crippen LogP contribution in [0.25, 0.3) is 0 Å². The van der Waals surface area contributed by atoms with E-state index in [9.17, 15) is 0 Å². The van der Waals surface area contributed by atoms with Crippen LogP contribution in [0.5, 0.6) is 5.75 Å². The largest absolute Gasteiger partial charge is 0.490 e. The molecule has 82 valence electrons. The molecule has 1 aromatic heterocycles. The molecule has 0 aromatic carbocycles. The molecule has 1 aromatic rings. The minimum Gasteiger partial charge on any atom is -0.490 e. The van der Waals surface area contributed by atoms with Gasteiger partial charge in [0.15, 0.2) is 0 Å². The molecule has 4 nitrogen and oxygen atoms in total. The summed E-state index contributed by atoms with van der Waals surface area (Å²) in [7, 11) is 1.85. The summed E-state index contributed by atoms with van der Waals surface area (Å²) in [4.78, 5) is 4.19. The van der Waals surface area contributed by atoms with E-state index in [1.807, 2.05) is 19.2 Å². The van der Waals surface area contributed by atoms with E-state index in [2.05, 4.69) is 15.6 Å². The van der Waals surface area contributed by atoms with Gasteiger partial charge in [-0.3, -0.25) is 0 Å². The first-order valence-electron chi connectivity index (χ1n) is 5.38. The first kappa shape index (κ1) is 10.2. The molecule has 2 N–H and O–H groups in total. The Bertz CT molecular complexity index is 293. The summed E-state index contributed by atoms with van der Waals surface area (Å²) >= 11 is 0. The average Bonchev–Trinajstić information content (AvgIpc) is 2.80. The number of rotatable bonds is 4. The molecule has 0 aliphatic carbocycles. The quantitative estimate of drug-likeness (QED) is 0.780. The third-order valence-electron chi connectivity index (χ3n) is 2.61. The van der Waals surface area contributed by atoms with Crippen molar-refractivity contribution in [2.24, 2.45) is 0 Å². The molecule has 0 amide bonds. The van der Waals surface area contributed by atoms with E-state index in [0.717, 1.165) is 24.7 Å². The fraction of sp³-hybridized carbons (Fsp3) is 0.545. The van der Waals surface area contributed by atoms with Crippen LogP contribution in [0.4, 0.5) is 5.82 Å². The van der Waals surface area contributed by atoms with Crippen LogP contribution in [0.1, 0.15) is 12.8 Å². The monoisotopic (exact) mass is 207 g/mol. The van der Waals surface area contributed by atoms with Gasteiger partial charge < -0.3 is 15.4 Å². The normalized spacial score (nSPS) is 20.2. The van der Waals surface area contributed by atoms with Crippen molar-refractivity contribution < 1.29 is 4.74 Å². The lowest BCUT2D eigenvalue weighted by atomic mass is 10.2. The predicted molar refractivity (Wildman–Crippen MR) is 60.3 cm³/mol. The van der Waals surface area contributed by atoms with Crippen molar-refractivity contribution in [3.63, 3.8) is 0 Å². The molecule has 1 fully saturated rings. The maximum atomic E-state index is 5.64. The van der Waals surface area contributed by atoms with Gasteiger partial charge in [0.2, 0.25) is 0 Å². The Morgan fingerprint density at radius 1 is 1.60 bits per heavy atom. The summed E-state index contributed by atoms with van der Waals surface area (Å²) in [6, 6.07) is 4.36. The minimum absolute atomic E-state index is 0.508. The van der Waals surface area contributed by atoms with Gasteiger partial charge in [-0.05, 0) is 31.5 Å². The lowest BCUT2D eigenvalue weighted by molar-refractivity contribution is 0.276. The van der Waals surface area contributed by atoms with Crippen molar-refractivity contribution in [1.29, 1.82) is 0 Å². The summed E-state index contributed by atoms with van der Waals surface area (Å²) in [5.74, 6) is 1.70. The van der Waals surface area contributed by atoms with Gasteiger partial charge in [-0.1, -0.05) is 0 Å². The van der Waals surface area contributed by atoms with Gasteiger partial charge in [-0.25, -0.2) is 4.98 Å². The number of ether oxygens (including phenoxy) is 1. The van der Waals surface area contributed by atoms with Crippen LogP contribution in [0.3, 0.4) is 0 Å². The maximum absolute atomic E-state index is 5.64. The van der Waals surface area contributed by atoms with E-state index in [1.54, 1.807) is 6.20 Å². The fourth-order valence-electron chi connectivity index (χ4n) is 1.71. The molecule has 2 heterocycles. The highest BCUT2D eigenvalue weighted by atomic mass is 16.5. The zero-order valence-electron chi connectivity index (χ0n) is 8.99. The van der Waals surface area contributed by atoms with Crippen LogP contribution in [0, 0.1) is 0 Å². The van der Waals surface area contributed by atoms with Gasteiger partial charge in [0.1, 0.15) is 18.2 Å². The van der Waals surface area contributed by atoms with Crippen molar-refractivity contribution >= 4 is 5.82 Å². The SMILES string of the molecule is CNc1ccc(OC[C@@H]2CCCN2)cn1. The Labute approximate surface area is 90.0 Å². The minimum atomic E-state index is 0.508. The maximum Gasteiger partial charge on any atom is 0.137 e. The molecule has 1 saturated heterocycles. The number of anilines is 1. The van der Waals surface area contributed by atoms with Crippen molar-refractivity contribution in [3.05, 3.63) is 18.3 Å². The van der Waals surface area contributed by atoms with Gasteiger partial charge in [0, 0.05) is 13.1 Å². The molecule has 0 bridgehead atoms. The third-order valence-corrected chi connectivity index (χ3v) is 2.61. The highest BCUT2D eigenvalue weighted by Crippen LogP contribution is 2.13. The van der Waals surface area contributed by atoms with Crippen LogP contribution in [0.2, 0.25) is 0 Å². The standard InChI is InChI=1S/C11H17N3O/c1-12-11-5-4-10(7-14-11)15-8-9-3-2-6-13-9/h4-5,7,9,13H,2-3,6,8H2,1H3,(H,12,14)/t9-/m0/s1. The number of hydrogen-bond acceptors (Lipinski definition) is 4. The van der Waals surface area contributed by atoms with Crippen LogP contribution in [-0.4, -0.2) is 31.2 Å². The lowest BCUT2D eigenvalue weighted by Crippen LogP contribution is -2.28. The second-order valence-electron chi connectivity index (χ2n) is 3.73. The molecule has 0 unspecified atom stereocenters. The van der Waals surface area contributed by atoms with E-state index in [-0.39, 0.29) is 0 Å². The Hall–Kier alpha value is -1.29. The topological polar surface area (TPSA) is 46.2 Å². The second kappa shape index (κ2) is 4.98. The van der Waals surface area contributed by atoms with Crippen LogP contribution in [-0.2, 0) is 0 Å².